The molecular formula is C25H22F4N4O2. The molecule has 10 heteroatoms. The Morgan fingerprint density at radius 3 is 2.60 bits per heavy atom. The summed E-state index contributed by atoms with van der Waals surface area (Å²) in [5.74, 6) is -0.903. The van der Waals surface area contributed by atoms with Crippen LogP contribution in [0.2, 0.25) is 0 Å². The minimum absolute atomic E-state index is 0.153. The molecule has 0 radical (unpaired) electrons. The maximum Gasteiger partial charge on any atom is 0.433 e. The van der Waals surface area contributed by atoms with Gasteiger partial charge in [0, 0.05) is 30.1 Å². The number of nitrogens with zero attached hydrogens (tertiary/aromatic N) is 2. The molecule has 0 saturated carbocycles. The van der Waals surface area contributed by atoms with Gasteiger partial charge in [-0.25, -0.2) is 4.39 Å². The number of halogens is 4. The van der Waals surface area contributed by atoms with E-state index in [0.29, 0.717) is 11.1 Å². The van der Waals surface area contributed by atoms with Crippen molar-refractivity contribution in [1.82, 2.24) is 15.2 Å². The summed E-state index contributed by atoms with van der Waals surface area (Å²) >= 11 is 0. The van der Waals surface area contributed by atoms with Crippen molar-refractivity contribution in [3.8, 4) is 11.1 Å². The van der Waals surface area contributed by atoms with Gasteiger partial charge in [0.1, 0.15) is 12.1 Å². The van der Waals surface area contributed by atoms with Gasteiger partial charge < -0.3 is 15.0 Å². The lowest BCUT2D eigenvalue weighted by molar-refractivity contribution is -0.140. The van der Waals surface area contributed by atoms with Crippen LogP contribution in [0.1, 0.15) is 40.1 Å². The number of nitrogens with two attached hydrogens (primary N) is 1. The van der Waals surface area contributed by atoms with Gasteiger partial charge in [-0.15, -0.1) is 0 Å². The van der Waals surface area contributed by atoms with Gasteiger partial charge in [-0.2, -0.15) is 13.2 Å². The molecule has 1 aliphatic heterocycles. The predicted octanol–water partition coefficient (Wildman–Crippen LogP) is 4.94. The van der Waals surface area contributed by atoms with Crippen molar-refractivity contribution in [3.63, 3.8) is 0 Å². The van der Waals surface area contributed by atoms with Crippen LogP contribution in [0.15, 0.2) is 73.3 Å². The van der Waals surface area contributed by atoms with Gasteiger partial charge in [-0.1, -0.05) is 18.2 Å². The molecule has 182 valence electrons. The number of ether oxygens (including phenoxy) is 1. The monoisotopic (exact) mass is 486 g/mol. The fraction of sp³-hybridized carbons (Fsp3) is 0.200. The highest BCUT2D eigenvalue weighted by Crippen LogP contribution is 2.36. The Morgan fingerprint density at radius 1 is 1.20 bits per heavy atom. The number of carbonyl (C=O) groups excluding carboxylic acids is 1. The lowest BCUT2D eigenvalue weighted by Gasteiger charge is -2.22. The normalized spacial score (nSPS) is 16.2. The summed E-state index contributed by atoms with van der Waals surface area (Å²) in [4.78, 5) is 18.3. The van der Waals surface area contributed by atoms with E-state index < -0.39 is 36.0 Å². The number of alkyl halides is 3. The van der Waals surface area contributed by atoms with E-state index in [1.807, 2.05) is 0 Å². The number of pyridine rings is 1. The Kier molecular flexibility index (Phi) is 6.74. The molecule has 0 aliphatic carbocycles. The first kappa shape index (κ1) is 24.2. The summed E-state index contributed by atoms with van der Waals surface area (Å²) < 4.78 is 59.3. The summed E-state index contributed by atoms with van der Waals surface area (Å²) in [7, 11) is 0. The van der Waals surface area contributed by atoms with E-state index in [1.54, 1.807) is 42.3 Å². The fourth-order valence-electron chi connectivity index (χ4n) is 3.76. The van der Waals surface area contributed by atoms with Gasteiger partial charge in [0.05, 0.1) is 6.04 Å². The molecule has 3 aromatic rings. The highest BCUT2D eigenvalue weighted by molar-refractivity contribution is 5.96. The second-order valence-electron chi connectivity index (χ2n) is 8.05. The van der Waals surface area contributed by atoms with E-state index in [2.05, 4.69) is 10.3 Å². The smallest absolute Gasteiger partial charge is 0.433 e. The molecule has 0 fully saturated rings. The van der Waals surface area contributed by atoms with Crippen LogP contribution in [-0.4, -0.2) is 22.1 Å². The van der Waals surface area contributed by atoms with Crippen molar-refractivity contribution in [2.24, 2.45) is 5.73 Å². The topological polar surface area (TPSA) is 80.5 Å². The van der Waals surface area contributed by atoms with Crippen molar-refractivity contribution in [2.45, 2.75) is 32.0 Å². The quantitative estimate of drug-likeness (QED) is 0.483. The second-order valence-corrected chi connectivity index (χ2v) is 8.05. The Bertz CT molecular complexity index is 1240. The van der Waals surface area contributed by atoms with E-state index in [9.17, 15) is 22.4 Å². The van der Waals surface area contributed by atoms with Crippen LogP contribution in [0.25, 0.3) is 11.1 Å². The number of nitrogens with one attached hydrogen (secondary N) is 1. The molecule has 0 spiro atoms. The van der Waals surface area contributed by atoms with Gasteiger partial charge in [0.25, 0.3) is 5.91 Å². The zero-order valence-corrected chi connectivity index (χ0v) is 18.6. The summed E-state index contributed by atoms with van der Waals surface area (Å²) in [5.41, 5.74) is 6.22. The van der Waals surface area contributed by atoms with E-state index >= 15 is 0 Å². The third-order valence-corrected chi connectivity index (χ3v) is 5.52. The summed E-state index contributed by atoms with van der Waals surface area (Å²) in [6.07, 6.45) is -1.34. The molecule has 1 aliphatic rings. The number of amides is 1. The van der Waals surface area contributed by atoms with Crippen molar-refractivity contribution < 1.29 is 27.1 Å². The molecular weight excluding hydrogens is 464 g/mol. The van der Waals surface area contributed by atoms with Gasteiger partial charge in [-0.3, -0.25) is 15.5 Å². The molecule has 2 atom stereocenters. The lowest BCUT2D eigenvalue weighted by atomic mass is 9.97. The molecule has 0 saturated heterocycles. The second kappa shape index (κ2) is 9.75. The molecule has 4 rings (SSSR count). The Labute approximate surface area is 199 Å². The Balaban J connectivity index is 1.71. The van der Waals surface area contributed by atoms with Gasteiger partial charge in [0.2, 0.25) is 6.35 Å². The third kappa shape index (κ3) is 5.60. The first-order chi connectivity index (χ1) is 16.6. The first-order valence-corrected chi connectivity index (χ1v) is 10.7. The minimum Gasteiger partial charge on any atom is -0.464 e. The molecule has 6 nitrogen and oxygen atoms in total. The number of benzene rings is 2. The lowest BCUT2D eigenvalue weighted by Crippen LogP contribution is -2.35. The summed E-state index contributed by atoms with van der Waals surface area (Å²) in [6.45, 7) is 1.92. The van der Waals surface area contributed by atoms with Crippen molar-refractivity contribution in [1.29, 1.82) is 0 Å². The highest BCUT2D eigenvalue weighted by Gasteiger charge is 2.35. The molecule has 3 N–H and O–H groups in total. The van der Waals surface area contributed by atoms with Crippen LogP contribution in [-0.2, 0) is 17.5 Å². The number of carbonyl (C=O) groups is 1. The third-order valence-electron chi connectivity index (χ3n) is 5.52. The van der Waals surface area contributed by atoms with Gasteiger partial charge >= 0.3 is 6.18 Å². The zero-order chi connectivity index (χ0) is 25.2. The van der Waals surface area contributed by atoms with Crippen LogP contribution in [0, 0.1) is 5.82 Å². The van der Waals surface area contributed by atoms with Crippen LogP contribution < -0.4 is 11.1 Å². The molecule has 1 aromatic heterocycles. The molecule has 1 amide bonds. The molecule has 35 heavy (non-hydrogen) atoms. The average molecular weight is 486 g/mol. The number of hydrogen-bond acceptors (Lipinski definition) is 5. The Hall–Kier alpha value is -3.92. The SMILES string of the molecule is C[C@H](NC(=O)c1cc(CN2C=COC2N)cc(-c2cccnc2C(F)(F)F)c1)c1ccc(F)cc1. The van der Waals surface area contributed by atoms with Crippen molar-refractivity contribution in [2.75, 3.05) is 0 Å². The molecule has 2 heterocycles. The van der Waals surface area contributed by atoms with Crippen LogP contribution in [0.4, 0.5) is 17.6 Å². The maximum absolute atomic E-state index is 13.6. The minimum atomic E-state index is -4.68. The van der Waals surface area contributed by atoms with Crippen LogP contribution in [0.3, 0.4) is 0 Å². The average Bonchev–Trinajstić information content (AvgIpc) is 3.22. The zero-order valence-electron chi connectivity index (χ0n) is 18.6. The van der Waals surface area contributed by atoms with Crippen LogP contribution >= 0.6 is 0 Å². The molecule has 1 unspecified atom stereocenters. The summed E-state index contributed by atoms with van der Waals surface area (Å²) in [6, 6.07) is 12.4. The predicted molar refractivity (Wildman–Crippen MR) is 121 cm³/mol. The van der Waals surface area contributed by atoms with Crippen molar-refractivity contribution >= 4 is 5.91 Å². The maximum atomic E-state index is 13.6. The summed E-state index contributed by atoms with van der Waals surface area (Å²) in [5, 5.41) is 2.81. The number of aromatic nitrogens is 1. The van der Waals surface area contributed by atoms with Gasteiger partial charge in [0.15, 0.2) is 5.69 Å². The van der Waals surface area contributed by atoms with E-state index in [1.165, 1.54) is 36.6 Å². The van der Waals surface area contributed by atoms with Crippen molar-refractivity contribution in [3.05, 3.63) is 101 Å². The molecule has 2 aromatic carbocycles. The van der Waals surface area contributed by atoms with E-state index in [-0.39, 0.29) is 23.2 Å². The van der Waals surface area contributed by atoms with E-state index in [4.69, 9.17) is 10.5 Å². The van der Waals surface area contributed by atoms with E-state index in [0.717, 1.165) is 6.20 Å². The Morgan fingerprint density at radius 2 is 1.94 bits per heavy atom. The molecule has 0 bridgehead atoms. The van der Waals surface area contributed by atoms with Crippen LogP contribution in [0.5, 0.6) is 0 Å². The first-order valence-electron chi connectivity index (χ1n) is 10.7. The highest BCUT2D eigenvalue weighted by atomic mass is 19.4. The fourth-order valence-corrected chi connectivity index (χ4v) is 3.76. The number of hydrogen-bond donors (Lipinski definition) is 2. The van der Waals surface area contributed by atoms with Gasteiger partial charge in [-0.05, 0) is 60.0 Å². The largest absolute Gasteiger partial charge is 0.464 e. The standard InChI is InChI=1S/C25H22F4N4O2/c1-15(17-4-6-20(26)7-5-17)32-23(34)19-12-16(14-33-9-10-35-24(33)30)11-18(13-19)21-3-2-8-31-22(21)25(27,28)29/h2-13,15,24H,14,30H2,1H3,(H,32,34)/t15-,24?/m0/s1. The number of rotatable bonds is 6.